The molecule has 1 heterocycles. The predicted molar refractivity (Wildman–Crippen MR) is 109 cm³/mol. The normalized spacial score (nSPS) is 16.3. The second-order valence-electron chi connectivity index (χ2n) is 6.70. The van der Waals surface area contributed by atoms with E-state index in [0.717, 1.165) is 11.1 Å². The van der Waals surface area contributed by atoms with Crippen LogP contribution in [0.4, 0.5) is 0 Å². The van der Waals surface area contributed by atoms with Gasteiger partial charge in [-0.3, -0.25) is 9.69 Å². The van der Waals surface area contributed by atoms with Gasteiger partial charge >= 0.3 is 0 Å². The molecule has 1 aliphatic heterocycles. The van der Waals surface area contributed by atoms with Gasteiger partial charge in [0.25, 0.3) is 5.91 Å². The summed E-state index contributed by atoms with van der Waals surface area (Å²) in [5.41, 5.74) is 4.43. The molecule has 0 bridgehead atoms. The molecule has 0 saturated carbocycles. The lowest BCUT2D eigenvalue weighted by atomic mass is 10.2. The lowest BCUT2D eigenvalue weighted by Crippen LogP contribution is -2.50. The van der Waals surface area contributed by atoms with Crippen molar-refractivity contribution < 1.29 is 13.2 Å². The number of amides is 1. The summed E-state index contributed by atoms with van der Waals surface area (Å²) in [7, 11) is -3.49. The van der Waals surface area contributed by atoms with Gasteiger partial charge in [-0.2, -0.15) is 9.41 Å². The molecule has 28 heavy (non-hydrogen) atoms. The monoisotopic (exact) mass is 400 g/mol. The number of hydrogen-bond donors (Lipinski definition) is 1. The predicted octanol–water partition coefficient (Wildman–Crippen LogP) is 1.45. The van der Waals surface area contributed by atoms with Gasteiger partial charge in [-0.15, -0.1) is 0 Å². The fourth-order valence-corrected chi connectivity index (χ4v) is 4.37. The van der Waals surface area contributed by atoms with Crippen LogP contribution in [0.3, 0.4) is 0 Å². The number of carbonyl (C=O) groups excluding carboxylic acids is 1. The van der Waals surface area contributed by atoms with Crippen molar-refractivity contribution in [2.45, 2.75) is 11.8 Å². The fourth-order valence-electron chi connectivity index (χ4n) is 2.94. The number of carbonyl (C=O) groups is 1. The molecule has 7 nitrogen and oxygen atoms in total. The highest BCUT2D eigenvalue weighted by Gasteiger charge is 2.28. The highest BCUT2D eigenvalue weighted by Crippen LogP contribution is 2.18. The summed E-state index contributed by atoms with van der Waals surface area (Å²) in [5.74, 6) is -0.220. The Bertz CT molecular complexity index is 920. The number of nitrogens with one attached hydrogen (secondary N) is 1. The van der Waals surface area contributed by atoms with Gasteiger partial charge in [0.05, 0.1) is 17.7 Å². The van der Waals surface area contributed by atoms with Gasteiger partial charge in [-0.25, -0.2) is 13.8 Å². The van der Waals surface area contributed by atoms with Crippen LogP contribution in [-0.2, 0) is 14.8 Å². The first-order chi connectivity index (χ1) is 13.4. The zero-order chi connectivity index (χ0) is 20.0. The van der Waals surface area contributed by atoms with E-state index < -0.39 is 10.0 Å². The van der Waals surface area contributed by atoms with E-state index in [2.05, 4.69) is 10.5 Å². The molecule has 2 aromatic carbocycles. The molecule has 1 saturated heterocycles. The van der Waals surface area contributed by atoms with Crippen molar-refractivity contribution >= 4 is 22.1 Å². The molecule has 0 aliphatic carbocycles. The van der Waals surface area contributed by atoms with E-state index in [4.69, 9.17) is 0 Å². The molecule has 0 spiro atoms. The van der Waals surface area contributed by atoms with E-state index >= 15 is 0 Å². The van der Waals surface area contributed by atoms with E-state index in [1.807, 2.05) is 42.2 Å². The van der Waals surface area contributed by atoms with Crippen LogP contribution in [0.25, 0.3) is 0 Å². The minimum absolute atomic E-state index is 0.185. The van der Waals surface area contributed by atoms with Gasteiger partial charge in [0.2, 0.25) is 10.0 Å². The molecule has 3 rings (SSSR count). The lowest BCUT2D eigenvalue weighted by molar-refractivity contribution is -0.122. The van der Waals surface area contributed by atoms with Crippen molar-refractivity contribution in [2.24, 2.45) is 5.10 Å². The van der Waals surface area contributed by atoms with Crippen molar-refractivity contribution in [1.82, 2.24) is 14.6 Å². The fraction of sp³-hybridized carbons (Fsp3) is 0.300. The van der Waals surface area contributed by atoms with Crippen LogP contribution in [0.15, 0.2) is 64.6 Å². The number of hydrogen-bond acceptors (Lipinski definition) is 5. The average molecular weight is 401 g/mol. The molecule has 0 aromatic heterocycles. The number of aryl methyl sites for hydroxylation is 1. The highest BCUT2D eigenvalue weighted by molar-refractivity contribution is 7.89. The molecule has 0 radical (unpaired) electrons. The average Bonchev–Trinajstić information content (AvgIpc) is 2.69. The number of hydrazone groups is 1. The Labute approximate surface area is 165 Å². The molecule has 0 atom stereocenters. The molecule has 1 aliphatic rings. The van der Waals surface area contributed by atoms with Gasteiger partial charge in [-0.1, -0.05) is 48.0 Å². The third kappa shape index (κ3) is 5.25. The number of nitrogens with zero attached hydrogens (tertiary/aromatic N) is 3. The summed E-state index contributed by atoms with van der Waals surface area (Å²) in [6.07, 6.45) is 1.59. The van der Waals surface area contributed by atoms with Gasteiger partial charge in [0, 0.05) is 26.2 Å². The first-order valence-electron chi connectivity index (χ1n) is 9.11. The summed E-state index contributed by atoms with van der Waals surface area (Å²) in [6.45, 7) is 3.82. The van der Waals surface area contributed by atoms with Crippen LogP contribution in [0.1, 0.15) is 11.1 Å². The topological polar surface area (TPSA) is 82.1 Å². The van der Waals surface area contributed by atoms with E-state index in [1.165, 1.54) is 4.31 Å². The third-order valence-electron chi connectivity index (χ3n) is 4.56. The van der Waals surface area contributed by atoms with Crippen LogP contribution in [0.2, 0.25) is 0 Å². The van der Waals surface area contributed by atoms with Crippen LogP contribution in [0, 0.1) is 6.92 Å². The molecule has 1 amide bonds. The number of rotatable bonds is 6. The van der Waals surface area contributed by atoms with Crippen molar-refractivity contribution in [2.75, 3.05) is 32.7 Å². The highest BCUT2D eigenvalue weighted by atomic mass is 32.2. The zero-order valence-electron chi connectivity index (χ0n) is 15.8. The lowest BCUT2D eigenvalue weighted by Gasteiger charge is -2.33. The molecule has 0 unspecified atom stereocenters. The second kappa shape index (κ2) is 9.09. The second-order valence-corrected chi connectivity index (χ2v) is 8.64. The molecular weight excluding hydrogens is 376 g/mol. The maximum Gasteiger partial charge on any atom is 0.254 e. The molecule has 1 N–H and O–H groups in total. The quantitative estimate of drug-likeness (QED) is 0.588. The van der Waals surface area contributed by atoms with Crippen molar-refractivity contribution in [3.05, 3.63) is 65.7 Å². The Balaban J connectivity index is 1.48. The summed E-state index contributed by atoms with van der Waals surface area (Å²) in [6, 6.07) is 16.3. The Morgan fingerprint density at radius 2 is 1.68 bits per heavy atom. The SMILES string of the molecule is Cc1ccc(S(=O)(=O)N2CCN(CC(=O)N/N=C\c3ccccc3)CC2)cc1. The number of piperazine rings is 1. The smallest absolute Gasteiger partial charge is 0.254 e. The van der Waals surface area contributed by atoms with E-state index in [9.17, 15) is 13.2 Å². The van der Waals surface area contributed by atoms with Crippen LogP contribution in [0.5, 0.6) is 0 Å². The largest absolute Gasteiger partial charge is 0.292 e. The Hall–Kier alpha value is -2.55. The van der Waals surface area contributed by atoms with Gasteiger partial charge in [0.1, 0.15) is 0 Å². The molecule has 2 aromatic rings. The first kappa shape index (κ1) is 20.2. The van der Waals surface area contributed by atoms with Gasteiger partial charge in [0.15, 0.2) is 0 Å². The Morgan fingerprint density at radius 1 is 1.04 bits per heavy atom. The molecule has 148 valence electrons. The third-order valence-corrected chi connectivity index (χ3v) is 6.47. The maximum atomic E-state index is 12.7. The number of sulfonamides is 1. The van der Waals surface area contributed by atoms with E-state index in [1.54, 1.807) is 30.5 Å². The van der Waals surface area contributed by atoms with Crippen LogP contribution < -0.4 is 5.43 Å². The Morgan fingerprint density at radius 3 is 2.32 bits per heavy atom. The van der Waals surface area contributed by atoms with Crippen molar-refractivity contribution in [3.8, 4) is 0 Å². The molecular formula is C20H24N4O3S. The Kier molecular flexibility index (Phi) is 6.56. The van der Waals surface area contributed by atoms with Crippen molar-refractivity contribution in [3.63, 3.8) is 0 Å². The van der Waals surface area contributed by atoms with Crippen molar-refractivity contribution in [1.29, 1.82) is 0 Å². The molecule has 1 fully saturated rings. The van der Waals surface area contributed by atoms with Gasteiger partial charge < -0.3 is 0 Å². The molecule has 8 heteroatoms. The number of benzene rings is 2. The first-order valence-corrected chi connectivity index (χ1v) is 10.6. The van der Waals surface area contributed by atoms with E-state index in [0.29, 0.717) is 31.1 Å². The minimum Gasteiger partial charge on any atom is -0.292 e. The van der Waals surface area contributed by atoms with Crippen LogP contribution in [-0.4, -0.2) is 62.5 Å². The van der Waals surface area contributed by atoms with E-state index in [-0.39, 0.29) is 12.5 Å². The summed E-state index contributed by atoms with van der Waals surface area (Å²) < 4.78 is 26.9. The summed E-state index contributed by atoms with van der Waals surface area (Å²) >= 11 is 0. The van der Waals surface area contributed by atoms with Gasteiger partial charge in [-0.05, 0) is 24.6 Å². The standard InChI is InChI=1S/C20H24N4O3S/c1-17-7-9-19(10-8-17)28(26,27)24-13-11-23(12-14-24)16-20(25)22-21-15-18-5-3-2-4-6-18/h2-10,15H,11-14,16H2,1H3,(H,22,25)/b21-15-. The summed E-state index contributed by atoms with van der Waals surface area (Å²) in [5, 5.41) is 3.95. The zero-order valence-corrected chi connectivity index (χ0v) is 16.6. The summed E-state index contributed by atoms with van der Waals surface area (Å²) in [4.78, 5) is 14.3. The van der Waals surface area contributed by atoms with Crippen LogP contribution >= 0.6 is 0 Å². The maximum absolute atomic E-state index is 12.7. The minimum atomic E-state index is -3.49.